The van der Waals surface area contributed by atoms with E-state index in [4.69, 9.17) is 9.47 Å². The average Bonchev–Trinajstić information content (AvgIpc) is 3.92. The highest BCUT2D eigenvalue weighted by Gasteiger charge is 2.31. The number of carbonyl (C=O) groups is 2. The molecule has 2 aromatic carbocycles. The van der Waals surface area contributed by atoms with Crippen molar-refractivity contribution >= 4 is 29.0 Å². The van der Waals surface area contributed by atoms with Gasteiger partial charge in [-0.2, -0.15) is 5.26 Å². The number of rotatable bonds is 11. The lowest BCUT2D eigenvalue weighted by atomic mass is 9.89. The van der Waals surface area contributed by atoms with Gasteiger partial charge < -0.3 is 25.4 Å². The lowest BCUT2D eigenvalue weighted by Gasteiger charge is -2.40. The number of hydrogen-bond donors (Lipinski definition) is 3. The molecule has 2 amide bonds. The third-order valence-electron chi connectivity index (χ3n) is 8.20. The molecule has 0 atom stereocenters. The van der Waals surface area contributed by atoms with Gasteiger partial charge in [0.15, 0.2) is 11.5 Å². The first kappa shape index (κ1) is 30.5. The molecule has 4 aromatic rings. The summed E-state index contributed by atoms with van der Waals surface area (Å²) in [6, 6.07) is 19.1. The second-order valence-electron chi connectivity index (χ2n) is 11.3. The molecular weight excluding hydrogens is 584 g/mol. The molecule has 2 aromatic heterocycles. The standard InChI is InChI=1S/C34H34N8O4/c1-36-34(44)31-28(15-30(40-41-31)39-33(43)21-7-8-21)38-27-6-4-5-26(32(27)46-3)22-9-10-25(29(14-22)45-2)23-17-42(18-23)19-24-13-20(16-35)11-12-37-24/h4-6,9-15,21,23H,7-8,17-19H2,1-3H3,(H,36,44)(H2,38,39,40,43). The summed E-state index contributed by atoms with van der Waals surface area (Å²) >= 11 is 0. The van der Waals surface area contributed by atoms with Gasteiger partial charge in [0, 0.05) is 56.3 Å². The van der Waals surface area contributed by atoms with Crippen molar-refractivity contribution in [2.75, 3.05) is 45.0 Å². The van der Waals surface area contributed by atoms with Crippen LogP contribution in [0, 0.1) is 17.2 Å². The third-order valence-corrected chi connectivity index (χ3v) is 8.20. The average molecular weight is 619 g/mol. The maximum atomic E-state index is 12.6. The molecule has 1 saturated carbocycles. The van der Waals surface area contributed by atoms with Crippen LogP contribution in [0.2, 0.25) is 0 Å². The topological polar surface area (TPSA) is 154 Å². The van der Waals surface area contributed by atoms with E-state index in [2.05, 4.69) is 54.2 Å². The van der Waals surface area contributed by atoms with E-state index in [0.717, 1.165) is 54.1 Å². The normalized spacial score (nSPS) is 14.5. The highest BCUT2D eigenvalue weighted by Crippen LogP contribution is 2.42. The van der Waals surface area contributed by atoms with Crippen molar-refractivity contribution in [3.05, 3.63) is 83.3 Å². The molecule has 6 rings (SSSR count). The van der Waals surface area contributed by atoms with E-state index in [1.54, 1.807) is 32.5 Å². The fraction of sp³-hybridized carbons (Fsp3) is 0.294. The number of aromatic nitrogens is 3. The van der Waals surface area contributed by atoms with Crippen LogP contribution in [0.1, 0.15) is 46.1 Å². The van der Waals surface area contributed by atoms with Crippen molar-refractivity contribution in [2.45, 2.75) is 25.3 Å². The summed E-state index contributed by atoms with van der Waals surface area (Å²) in [4.78, 5) is 31.7. The number of hydrogen-bond acceptors (Lipinski definition) is 10. The van der Waals surface area contributed by atoms with Gasteiger partial charge in [-0.05, 0) is 48.2 Å². The van der Waals surface area contributed by atoms with Crippen LogP contribution in [0.4, 0.5) is 17.2 Å². The number of nitriles is 1. The fourth-order valence-corrected chi connectivity index (χ4v) is 5.61. The maximum Gasteiger partial charge on any atom is 0.273 e. The Balaban J connectivity index is 1.23. The molecule has 0 unspecified atom stereocenters. The molecule has 1 aliphatic carbocycles. The maximum absolute atomic E-state index is 12.6. The van der Waals surface area contributed by atoms with E-state index < -0.39 is 5.91 Å². The quantitative estimate of drug-likeness (QED) is 0.219. The summed E-state index contributed by atoms with van der Waals surface area (Å²) in [5.41, 5.74) is 5.37. The molecule has 1 aliphatic heterocycles. The van der Waals surface area contributed by atoms with Crippen LogP contribution in [0.25, 0.3) is 11.1 Å². The molecule has 0 bridgehead atoms. The highest BCUT2D eigenvalue weighted by molar-refractivity contribution is 6.00. The van der Waals surface area contributed by atoms with Gasteiger partial charge in [-0.1, -0.05) is 24.3 Å². The van der Waals surface area contributed by atoms with Crippen molar-refractivity contribution in [1.82, 2.24) is 25.4 Å². The third kappa shape index (κ3) is 6.45. The van der Waals surface area contributed by atoms with E-state index >= 15 is 0 Å². The highest BCUT2D eigenvalue weighted by atomic mass is 16.5. The Bertz CT molecular complexity index is 1830. The van der Waals surface area contributed by atoms with Crippen molar-refractivity contribution < 1.29 is 19.1 Å². The molecule has 3 heterocycles. The van der Waals surface area contributed by atoms with E-state index in [0.29, 0.717) is 35.2 Å². The number of methoxy groups -OCH3 is 2. The van der Waals surface area contributed by atoms with Crippen LogP contribution >= 0.6 is 0 Å². The van der Waals surface area contributed by atoms with Crippen LogP contribution in [0.15, 0.2) is 60.8 Å². The predicted molar refractivity (Wildman–Crippen MR) is 172 cm³/mol. The first-order valence-electron chi connectivity index (χ1n) is 15.0. The predicted octanol–water partition coefficient (Wildman–Crippen LogP) is 4.48. The van der Waals surface area contributed by atoms with Gasteiger partial charge in [-0.25, -0.2) is 0 Å². The van der Waals surface area contributed by atoms with Gasteiger partial charge in [0.25, 0.3) is 5.91 Å². The molecule has 0 radical (unpaired) electrons. The lowest BCUT2D eigenvalue weighted by molar-refractivity contribution is -0.117. The fourth-order valence-electron chi connectivity index (χ4n) is 5.61. The Morgan fingerprint density at radius 1 is 1.02 bits per heavy atom. The largest absolute Gasteiger partial charge is 0.496 e. The Labute approximate surface area is 266 Å². The monoisotopic (exact) mass is 618 g/mol. The first-order valence-corrected chi connectivity index (χ1v) is 15.0. The zero-order valence-electron chi connectivity index (χ0n) is 25.8. The summed E-state index contributed by atoms with van der Waals surface area (Å²) in [6.07, 6.45) is 3.38. The number of para-hydroxylation sites is 1. The number of nitrogens with one attached hydrogen (secondary N) is 3. The van der Waals surface area contributed by atoms with Gasteiger partial charge in [-0.3, -0.25) is 19.5 Å². The minimum absolute atomic E-state index is 0.00881. The molecule has 2 aliphatic rings. The number of anilines is 3. The second kappa shape index (κ2) is 13.2. The van der Waals surface area contributed by atoms with E-state index in [-0.39, 0.29) is 23.3 Å². The zero-order valence-corrected chi connectivity index (χ0v) is 25.8. The number of ether oxygens (including phenoxy) is 2. The van der Waals surface area contributed by atoms with Gasteiger partial charge >= 0.3 is 0 Å². The molecule has 12 nitrogen and oxygen atoms in total. The number of pyridine rings is 1. The molecule has 2 fully saturated rings. The van der Waals surface area contributed by atoms with Gasteiger partial charge in [0.2, 0.25) is 5.91 Å². The summed E-state index contributed by atoms with van der Waals surface area (Å²) < 4.78 is 11.7. The molecule has 46 heavy (non-hydrogen) atoms. The van der Waals surface area contributed by atoms with Crippen LogP contribution in [0.3, 0.4) is 0 Å². The van der Waals surface area contributed by atoms with Crippen molar-refractivity contribution in [1.29, 1.82) is 5.26 Å². The lowest BCUT2D eigenvalue weighted by Crippen LogP contribution is -2.44. The van der Waals surface area contributed by atoms with Crippen LogP contribution < -0.4 is 25.4 Å². The van der Waals surface area contributed by atoms with Crippen LogP contribution in [0.5, 0.6) is 11.5 Å². The van der Waals surface area contributed by atoms with Gasteiger partial charge in [-0.15, -0.1) is 10.2 Å². The number of nitrogens with zero attached hydrogens (tertiary/aromatic N) is 5. The van der Waals surface area contributed by atoms with Crippen LogP contribution in [-0.4, -0.2) is 66.3 Å². The minimum atomic E-state index is -0.424. The Morgan fingerprint density at radius 3 is 2.57 bits per heavy atom. The number of amides is 2. The molecule has 234 valence electrons. The summed E-state index contributed by atoms with van der Waals surface area (Å²) in [7, 11) is 4.77. The van der Waals surface area contributed by atoms with Crippen molar-refractivity contribution in [3.63, 3.8) is 0 Å². The molecule has 12 heteroatoms. The minimum Gasteiger partial charge on any atom is -0.496 e. The van der Waals surface area contributed by atoms with E-state index in [1.807, 2.05) is 30.3 Å². The Hall–Kier alpha value is -5.54. The summed E-state index contributed by atoms with van der Waals surface area (Å²) in [6.45, 7) is 2.40. The number of carbonyl (C=O) groups excluding carboxylic acids is 2. The number of likely N-dealkylation sites (tertiary alicyclic amines) is 1. The van der Waals surface area contributed by atoms with Crippen LogP contribution in [-0.2, 0) is 11.3 Å². The molecular formula is C34H34N8O4. The van der Waals surface area contributed by atoms with E-state index in [9.17, 15) is 14.9 Å². The first-order chi connectivity index (χ1) is 22.4. The van der Waals surface area contributed by atoms with Crippen molar-refractivity contribution in [2.24, 2.45) is 5.92 Å². The Kier molecular flexibility index (Phi) is 8.76. The van der Waals surface area contributed by atoms with Crippen molar-refractivity contribution in [3.8, 4) is 28.7 Å². The SMILES string of the molecule is CNC(=O)c1nnc(NC(=O)C2CC2)cc1Nc1cccc(-c2ccc(C3CN(Cc4cc(C#N)ccn4)C3)c(OC)c2)c1OC. The van der Waals surface area contributed by atoms with Gasteiger partial charge in [0.1, 0.15) is 11.5 Å². The second-order valence-corrected chi connectivity index (χ2v) is 11.3. The summed E-state index contributed by atoms with van der Waals surface area (Å²) in [5, 5.41) is 26.0. The molecule has 0 spiro atoms. The Morgan fingerprint density at radius 2 is 1.85 bits per heavy atom. The van der Waals surface area contributed by atoms with E-state index in [1.165, 1.54) is 7.05 Å². The van der Waals surface area contributed by atoms with Gasteiger partial charge in [0.05, 0.1) is 42.9 Å². The summed E-state index contributed by atoms with van der Waals surface area (Å²) in [5.74, 6) is 1.35. The smallest absolute Gasteiger partial charge is 0.273 e. The number of benzene rings is 2. The molecule has 3 N–H and O–H groups in total. The molecule has 1 saturated heterocycles. The zero-order chi connectivity index (χ0) is 32.2.